The molecule has 0 radical (unpaired) electrons. The van der Waals surface area contributed by atoms with Gasteiger partial charge in [-0.05, 0) is 76.5 Å². The lowest BCUT2D eigenvalue weighted by Gasteiger charge is -2.48. The number of nitrogens with one attached hydrogen (secondary N) is 2. The van der Waals surface area contributed by atoms with Gasteiger partial charge in [-0.2, -0.15) is 5.10 Å². The summed E-state index contributed by atoms with van der Waals surface area (Å²) in [5, 5.41) is 12.3. The van der Waals surface area contributed by atoms with Crippen LogP contribution in [0.4, 0.5) is 4.79 Å². The first-order valence-electron chi connectivity index (χ1n) is 14.2. The van der Waals surface area contributed by atoms with Gasteiger partial charge in [0.2, 0.25) is 0 Å². The van der Waals surface area contributed by atoms with Gasteiger partial charge < -0.3 is 20.3 Å². The SMILES string of the molecule is Cc1c2c(nn1[C@@H]1CCNC3(CCC3)C1)-c1ccccc1OC21CCN(C(=O)NCC2CCC2)CC1. The summed E-state index contributed by atoms with van der Waals surface area (Å²) in [6.45, 7) is 5.55. The zero-order chi connectivity index (χ0) is 24.3. The van der Waals surface area contributed by atoms with Crippen LogP contribution < -0.4 is 15.4 Å². The van der Waals surface area contributed by atoms with E-state index in [9.17, 15) is 4.79 Å². The highest BCUT2D eigenvalue weighted by atomic mass is 16.5. The van der Waals surface area contributed by atoms with Gasteiger partial charge >= 0.3 is 6.03 Å². The second-order valence-corrected chi connectivity index (χ2v) is 12.0. The molecule has 3 aliphatic heterocycles. The lowest BCUT2D eigenvalue weighted by molar-refractivity contribution is 0.00428. The molecule has 2 spiro atoms. The first-order chi connectivity index (χ1) is 17.6. The maximum absolute atomic E-state index is 12.9. The van der Waals surface area contributed by atoms with Crippen molar-refractivity contribution in [2.24, 2.45) is 5.92 Å². The Bertz CT molecular complexity index is 1160. The van der Waals surface area contributed by atoms with Crippen LogP contribution >= 0.6 is 0 Å². The topological polar surface area (TPSA) is 71.4 Å². The highest BCUT2D eigenvalue weighted by Crippen LogP contribution is 2.51. The molecule has 7 rings (SSSR count). The van der Waals surface area contributed by atoms with Gasteiger partial charge in [0.25, 0.3) is 0 Å². The van der Waals surface area contributed by atoms with Crippen molar-refractivity contribution >= 4 is 6.03 Å². The maximum atomic E-state index is 12.9. The monoisotopic (exact) mass is 489 g/mol. The molecular formula is C29H39N5O2. The lowest BCUT2D eigenvalue weighted by Crippen LogP contribution is -2.56. The number of rotatable bonds is 3. The van der Waals surface area contributed by atoms with E-state index in [1.807, 2.05) is 4.90 Å². The van der Waals surface area contributed by atoms with E-state index < -0.39 is 5.60 Å². The largest absolute Gasteiger partial charge is 0.482 e. The van der Waals surface area contributed by atoms with Crippen molar-refractivity contribution in [3.05, 3.63) is 35.5 Å². The van der Waals surface area contributed by atoms with Crippen LogP contribution in [-0.2, 0) is 5.60 Å². The number of hydrogen-bond acceptors (Lipinski definition) is 4. The molecular weight excluding hydrogens is 450 g/mol. The summed E-state index contributed by atoms with van der Waals surface area (Å²) in [7, 11) is 0. The van der Waals surface area contributed by atoms with Crippen molar-refractivity contribution in [1.29, 1.82) is 0 Å². The summed E-state index contributed by atoms with van der Waals surface area (Å²) in [5.74, 6) is 1.60. The summed E-state index contributed by atoms with van der Waals surface area (Å²) >= 11 is 0. The Morgan fingerprint density at radius 3 is 2.67 bits per heavy atom. The molecule has 5 aliphatic rings. The van der Waals surface area contributed by atoms with E-state index in [0.29, 0.717) is 30.6 Å². The van der Waals surface area contributed by atoms with Crippen LogP contribution in [0.1, 0.15) is 81.5 Å². The van der Waals surface area contributed by atoms with Crippen molar-refractivity contribution < 1.29 is 9.53 Å². The third kappa shape index (κ3) is 3.57. The fourth-order valence-corrected chi connectivity index (χ4v) is 7.41. The van der Waals surface area contributed by atoms with Gasteiger partial charge in [-0.15, -0.1) is 0 Å². The summed E-state index contributed by atoms with van der Waals surface area (Å²) in [6, 6.07) is 8.88. The van der Waals surface area contributed by atoms with E-state index in [-0.39, 0.29) is 6.03 Å². The Morgan fingerprint density at radius 1 is 1.14 bits per heavy atom. The van der Waals surface area contributed by atoms with E-state index >= 15 is 0 Å². The molecule has 36 heavy (non-hydrogen) atoms. The van der Waals surface area contributed by atoms with Crippen LogP contribution in [0.25, 0.3) is 11.3 Å². The number of piperidine rings is 2. The van der Waals surface area contributed by atoms with Crippen molar-refractivity contribution in [3.8, 4) is 17.0 Å². The highest BCUT2D eigenvalue weighted by Gasteiger charge is 2.49. The summed E-state index contributed by atoms with van der Waals surface area (Å²) in [6.07, 6.45) is 11.6. The lowest BCUT2D eigenvalue weighted by atomic mass is 9.70. The molecule has 2 aromatic rings. The predicted octanol–water partition coefficient (Wildman–Crippen LogP) is 4.90. The number of benzene rings is 1. The highest BCUT2D eigenvalue weighted by molar-refractivity contribution is 5.76. The molecule has 7 nitrogen and oxygen atoms in total. The average Bonchev–Trinajstić information content (AvgIpc) is 3.21. The third-order valence-electron chi connectivity index (χ3n) is 9.94. The smallest absolute Gasteiger partial charge is 0.317 e. The number of fused-ring (bicyclic) bond motifs is 4. The first-order valence-corrected chi connectivity index (χ1v) is 14.2. The Hall–Kier alpha value is -2.54. The Labute approximate surface area is 214 Å². The molecule has 2 aliphatic carbocycles. The van der Waals surface area contributed by atoms with Crippen molar-refractivity contribution in [2.75, 3.05) is 26.2 Å². The number of amides is 2. The van der Waals surface area contributed by atoms with Crippen LogP contribution in [0.3, 0.4) is 0 Å². The molecule has 4 heterocycles. The Morgan fingerprint density at radius 2 is 1.94 bits per heavy atom. The zero-order valence-electron chi connectivity index (χ0n) is 21.5. The van der Waals surface area contributed by atoms with Crippen molar-refractivity contribution in [3.63, 3.8) is 0 Å². The van der Waals surface area contributed by atoms with Crippen LogP contribution in [0, 0.1) is 12.8 Å². The maximum Gasteiger partial charge on any atom is 0.317 e. The van der Waals surface area contributed by atoms with Gasteiger partial charge in [0, 0.05) is 54.8 Å². The van der Waals surface area contributed by atoms with Crippen molar-refractivity contribution in [1.82, 2.24) is 25.3 Å². The molecule has 1 aromatic carbocycles. The third-order valence-corrected chi connectivity index (χ3v) is 9.94. The summed E-state index contributed by atoms with van der Waals surface area (Å²) < 4.78 is 9.21. The zero-order valence-corrected chi connectivity index (χ0v) is 21.5. The number of likely N-dealkylation sites (tertiary alicyclic amines) is 1. The van der Waals surface area contributed by atoms with Crippen molar-refractivity contribution in [2.45, 2.75) is 88.3 Å². The molecule has 7 heteroatoms. The molecule has 2 saturated carbocycles. The number of ether oxygens (including phenoxy) is 1. The van der Waals surface area contributed by atoms with Gasteiger partial charge in [0.05, 0.1) is 6.04 Å². The predicted molar refractivity (Wildman–Crippen MR) is 139 cm³/mol. The number of carbonyl (C=O) groups excluding carboxylic acids is 1. The second kappa shape index (κ2) is 8.51. The molecule has 4 fully saturated rings. The number of carbonyl (C=O) groups is 1. The fraction of sp³-hybridized carbons (Fsp3) is 0.655. The van der Waals surface area contributed by atoms with Crippen LogP contribution in [0.2, 0.25) is 0 Å². The fourth-order valence-electron chi connectivity index (χ4n) is 7.41. The van der Waals surface area contributed by atoms with Gasteiger partial charge in [0.15, 0.2) is 0 Å². The quantitative estimate of drug-likeness (QED) is 0.643. The Kier molecular flexibility index (Phi) is 5.35. The molecule has 1 aromatic heterocycles. The number of urea groups is 1. The Balaban J connectivity index is 1.17. The van der Waals surface area contributed by atoms with E-state index in [4.69, 9.17) is 9.84 Å². The second-order valence-electron chi connectivity index (χ2n) is 12.0. The molecule has 0 unspecified atom stereocenters. The van der Waals surface area contributed by atoms with Gasteiger partial charge in [-0.25, -0.2) is 4.79 Å². The number of para-hydroxylation sites is 1. The molecule has 1 atom stereocenters. The van der Waals surface area contributed by atoms with Crippen LogP contribution in [0.5, 0.6) is 5.75 Å². The molecule has 2 amide bonds. The number of aromatic nitrogens is 2. The standard InChI is InChI=1S/C29H39N5O2/c1-20-25-26(32-34(20)22-10-15-31-28(18-22)11-5-12-28)23-8-2-3-9-24(23)36-29(25)13-16-33(17-14-29)27(35)30-19-21-6-4-7-21/h2-3,8-9,21-22,31H,4-7,10-19H2,1H3,(H,30,35)/t22-/m1/s1. The first kappa shape index (κ1) is 22.6. The summed E-state index contributed by atoms with van der Waals surface area (Å²) in [4.78, 5) is 14.9. The van der Waals surface area contributed by atoms with Gasteiger partial charge in [-0.1, -0.05) is 18.6 Å². The normalized spacial score (nSPS) is 25.9. The van der Waals surface area contributed by atoms with Crippen LogP contribution in [-0.4, -0.2) is 52.4 Å². The minimum absolute atomic E-state index is 0.0844. The van der Waals surface area contributed by atoms with E-state index in [1.165, 1.54) is 56.2 Å². The van der Waals surface area contributed by atoms with E-state index in [2.05, 4.69) is 46.5 Å². The molecule has 192 valence electrons. The van der Waals surface area contributed by atoms with Gasteiger partial charge in [-0.3, -0.25) is 4.68 Å². The summed E-state index contributed by atoms with van der Waals surface area (Å²) in [5.41, 5.74) is 4.62. The van der Waals surface area contributed by atoms with E-state index in [0.717, 1.165) is 49.4 Å². The number of hydrogen-bond donors (Lipinski definition) is 2. The molecule has 0 bridgehead atoms. The number of nitrogens with zero attached hydrogens (tertiary/aromatic N) is 3. The van der Waals surface area contributed by atoms with Crippen LogP contribution in [0.15, 0.2) is 24.3 Å². The average molecular weight is 490 g/mol. The molecule has 2 saturated heterocycles. The minimum Gasteiger partial charge on any atom is -0.482 e. The molecule has 2 N–H and O–H groups in total. The minimum atomic E-state index is -0.419. The van der Waals surface area contributed by atoms with E-state index in [1.54, 1.807) is 0 Å². The van der Waals surface area contributed by atoms with Gasteiger partial charge in [0.1, 0.15) is 17.0 Å².